The average molecular weight is 492 g/mol. The largest absolute Gasteiger partial charge is 0.350 e. The number of nitrogens with one attached hydrogen (secondary N) is 1. The van der Waals surface area contributed by atoms with Crippen molar-refractivity contribution >= 4 is 57.5 Å². The van der Waals surface area contributed by atoms with Gasteiger partial charge in [0.05, 0.1) is 10.5 Å². The Kier molecular flexibility index (Phi) is 6.33. The fourth-order valence-corrected chi connectivity index (χ4v) is 4.03. The lowest BCUT2D eigenvalue weighted by atomic mass is 10.1. The number of rotatable bonds is 5. The number of halogens is 1. The van der Waals surface area contributed by atoms with E-state index in [1.165, 1.54) is 4.90 Å². The van der Waals surface area contributed by atoms with Gasteiger partial charge in [0.15, 0.2) is 0 Å². The summed E-state index contributed by atoms with van der Waals surface area (Å²) in [5.41, 5.74) is 2.58. The molecule has 0 unspecified atom stereocenters. The van der Waals surface area contributed by atoms with Crippen molar-refractivity contribution in [2.24, 2.45) is 0 Å². The second-order valence-corrected chi connectivity index (χ2v) is 8.14. The Morgan fingerprint density at radius 2 is 1.85 bits per heavy atom. The number of hydrogen-bond acceptors (Lipinski definition) is 4. The summed E-state index contributed by atoms with van der Waals surface area (Å²) in [4.78, 5) is 38.4. The third kappa shape index (κ3) is 4.78. The smallest absolute Gasteiger partial charge is 0.293 e. The van der Waals surface area contributed by atoms with Crippen LogP contribution in [-0.4, -0.2) is 35.0 Å². The van der Waals surface area contributed by atoms with Crippen LogP contribution in [0.3, 0.4) is 0 Å². The zero-order valence-corrected chi connectivity index (χ0v) is 17.5. The fraction of sp³-hybridized carbons (Fsp3) is 0.150. The summed E-state index contributed by atoms with van der Waals surface area (Å²) in [7, 11) is 0. The lowest BCUT2D eigenvalue weighted by molar-refractivity contribution is -0.122. The van der Waals surface area contributed by atoms with Crippen LogP contribution in [0.1, 0.15) is 21.5 Å². The number of aryl methyl sites for hydroxylation is 1. The molecule has 1 aliphatic heterocycles. The minimum atomic E-state index is -0.325. The second kappa shape index (κ2) is 8.71. The molecule has 1 aliphatic rings. The van der Waals surface area contributed by atoms with Crippen LogP contribution in [0.5, 0.6) is 0 Å². The van der Waals surface area contributed by atoms with E-state index in [0.717, 1.165) is 26.5 Å². The maximum atomic E-state index is 12.5. The maximum absolute atomic E-state index is 12.5. The van der Waals surface area contributed by atoms with E-state index >= 15 is 0 Å². The number of carbonyl (C=O) groups is 3. The number of amides is 3. The molecule has 3 amide bonds. The first kappa shape index (κ1) is 19.6. The summed E-state index contributed by atoms with van der Waals surface area (Å²) in [6.45, 7) is 2.34. The van der Waals surface area contributed by atoms with Crippen molar-refractivity contribution in [2.75, 3.05) is 13.1 Å². The first-order valence-corrected chi connectivity index (χ1v) is 10.2. The van der Waals surface area contributed by atoms with Gasteiger partial charge in [-0.1, -0.05) is 42.0 Å². The topological polar surface area (TPSA) is 66.5 Å². The van der Waals surface area contributed by atoms with Crippen LogP contribution in [0.2, 0.25) is 0 Å². The zero-order chi connectivity index (χ0) is 19.4. The predicted molar refractivity (Wildman–Crippen MR) is 115 cm³/mol. The van der Waals surface area contributed by atoms with Crippen LogP contribution >= 0.6 is 34.4 Å². The van der Waals surface area contributed by atoms with Crippen molar-refractivity contribution in [1.29, 1.82) is 0 Å². The molecule has 0 saturated carbocycles. The summed E-state index contributed by atoms with van der Waals surface area (Å²) in [5.74, 6) is -0.545. The summed E-state index contributed by atoms with van der Waals surface area (Å²) in [6.07, 6.45) is 1.72. The highest BCUT2D eigenvalue weighted by atomic mass is 127. The third-order valence-corrected chi connectivity index (χ3v) is 5.84. The Morgan fingerprint density at radius 1 is 1.15 bits per heavy atom. The molecule has 3 rings (SSSR count). The van der Waals surface area contributed by atoms with Gasteiger partial charge in [0.2, 0.25) is 0 Å². The molecule has 0 radical (unpaired) electrons. The lowest BCUT2D eigenvalue weighted by Gasteiger charge is -2.13. The zero-order valence-electron chi connectivity index (χ0n) is 14.6. The monoisotopic (exact) mass is 492 g/mol. The van der Waals surface area contributed by atoms with Crippen LogP contribution in [0.25, 0.3) is 6.08 Å². The molecule has 7 heteroatoms. The van der Waals surface area contributed by atoms with Crippen molar-refractivity contribution in [3.05, 3.63) is 73.7 Å². The SMILES string of the molecule is Cc1ccc(/C=C2\SC(=O)N(CCNC(=O)c3ccccc3I)C2=O)cc1. The molecule has 27 heavy (non-hydrogen) atoms. The first-order chi connectivity index (χ1) is 13.0. The predicted octanol–water partition coefficient (Wildman–Crippen LogP) is 4.07. The lowest BCUT2D eigenvalue weighted by Crippen LogP contribution is -2.37. The molecule has 2 aromatic carbocycles. The van der Waals surface area contributed by atoms with Gasteiger partial charge in [0.25, 0.3) is 17.1 Å². The Balaban J connectivity index is 1.60. The summed E-state index contributed by atoms with van der Waals surface area (Å²) >= 11 is 3.02. The van der Waals surface area contributed by atoms with E-state index in [4.69, 9.17) is 0 Å². The van der Waals surface area contributed by atoms with Gasteiger partial charge in [0, 0.05) is 16.7 Å². The number of hydrogen-bond donors (Lipinski definition) is 1. The maximum Gasteiger partial charge on any atom is 0.293 e. The van der Waals surface area contributed by atoms with Gasteiger partial charge >= 0.3 is 0 Å². The van der Waals surface area contributed by atoms with Gasteiger partial charge in [0.1, 0.15) is 0 Å². The van der Waals surface area contributed by atoms with Crippen molar-refractivity contribution < 1.29 is 14.4 Å². The molecular weight excluding hydrogens is 475 g/mol. The highest BCUT2D eigenvalue weighted by Crippen LogP contribution is 2.31. The van der Waals surface area contributed by atoms with E-state index in [9.17, 15) is 14.4 Å². The first-order valence-electron chi connectivity index (χ1n) is 8.30. The van der Waals surface area contributed by atoms with Crippen LogP contribution in [0.15, 0.2) is 53.4 Å². The summed E-state index contributed by atoms with van der Waals surface area (Å²) in [6, 6.07) is 15.0. The molecular formula is C20H17IN2O3S. The quantitative estimate of drug-likeness (QED) is 0.505. The van der Waals surface area contributed by atoms with Gasteiger partial charge in [-0.3, -0.25) is 19.3 Å². The highest BCUT2D eigenvalue weighted by Gasteiger charge is 2.34. The molecule has 0 bridgehead atoms. The van der Waals surface area contributed by atoms with Gasteiger partial charge in [-0.2, -0.15) is 0 Å². The molecule has 138 valence electrons. The normalized spacial score (nSPS) is 15.5. The number of thioether (sulfide) groups is 1. The van der Waals surface area contributed by atoms with Gasteiger partial charge in [-0.25, -0.2) is 0 Å². The number of carbonyl (C=O) groups excluding carboxylic acids is 3. The Hall–Kier alpha value is -2.13. The average Bonchev–Trinajstić information content (AvgIpc) is 2.91. The third-order valence-electron chi connectivity index (χ3n) is 3.99. The number of benzene rings is 2. The molecule has 1 heterocycles. The second-order valence-electron chi connectivity index (χ2n) is 5.98. The minimum absolute atomic E-state index is 0.144. The molecule has 2 aromatic rings. The Bertz CT molecular complexity index is 925. The molecule has 0 atom stereocenters. The van der Waals surface area contributed by atoms with Gasteiger partial charge in [-0.15, -0.1) is 0 Å². The molecule has 1 saturated heterocycles. The van der Waals surface area contributed by atoms with Crippen LogP contribution in [0, 0.1) is 10.5 Å². The van der Waals surface area contributed by atoms with E-state index in [-0.39, 0.29) is 30.1 Å². The fourth-order valence-electron chi connectivity index (χ4n) is 2.53. The Labute approximate surface area is 175 Å². The van der Waals surface area contributed by atoms with E-state index in [1.54, 1.807) is 18.2 Å². The summed E-state index contributed by atoms with van der Waals surface area (Å²) in [5, 5.41) is 2.44. The van der Waals surface area contributed by atoms with E-state index in [1.807, 2.05) is 43.3 Å². The van der Waals surface area contributed by atoms with Crippen molar-refractivity contribution in [1.82, 2.24) is 10.2 Å². The molecule has 1 fully saturated rings. The Morgan fingerprint density at radius 3 is 2.56 bits per heavy atom. The van der Waals surface area contributed by atoms with Crippen molar-refractivity contribution in [3.63, 3.8) is 0 Å². The molecule has 0 spiro atoms. The van der Waals surface area contributed by atoms with E-state index < -0.39 is 0 Å². The van der Waals surface area contributed by atoms with Crippen molar-refractivity contribution in [2.45, 2.75) is 6.92 Å². The number of nitrogens with zero attached hydrogens (tertiary/aromatic N) is 1. The molecule has 1 N–H and O–H groups in total. The van der Waals surface area contributed by atoms with Crippen LogP contribution in [0.4, 0.5) is 4.79 Å². The van der Waals surface area contributed by atoms with Crippen molar-refractivity contribution in [3.8, 4) is 0 Å². The minimum Gasteiger partial charge on any atom is -0.350 e. The molecule has 0 aromatic heterocycles. The number of imide groups is 1. The van der Waals surface area contributed by atoms with E-state index in [0.29, 0.717) is 10.5 Å². The molecule has 5 nitrogen and oxygen atoms in total. The highest BCUT2D eigenvalue weighted by molar-refractivity contribution is 14.1. The van der Waals surface area contributed by atoms with Crippen LogP contribution < -0.4 is 5.32 Å². The van der Waals surface area contributed by atoms with Gasteiger partial charge in [-0.05, 0) is 65.0 Å². The van der Waals surface area contributed by atoms with Gasteiger partial charge < -0.3 is 5.32 Å². The van der Waals surface area contributed by atoms with E-state index in [2.05, 4.69) is 27.9 Å². The standard InChI is InChI=1S/C20H17IN2O3S/c1-13-6-8-14(9-7-13)12-17-19(25)23(20(26)27-17)11-10-22-18(24)15-4-2-3-5-16(15)21/h2-9,12H,10-11H2,1H3,(H,22,24)/b17-12-. The summed E-state index contributed by atoms with van der Waals surface area (Å²) < 4.78 is 0.847. The van der Waals surface area contributed by atoms with Crippen LogP contribution in [-0.2, 0) is 4.79 Å². The molecule has 0 aliphatic carbocycles.